The minimum atomic E-state index is 0.750. The summed E-state index contributed by atoms with van der Waals surface area (Å²) in [6, 6.07) is 0.750. The SMILES string of the molecule is CNC1CCCN(CCC23CC4CC(CC(C4)C2)C3)C1. The summed E-state index contributed by atoms with van der Waals surface area (Å²) in [6.07, 6.45) is 13.8. The summed E-state index contributed by atoms with van der Waals surface area (Å²) in [5.41, 5.74) is 0.779. The van der Waals surface area contributed by atoms with Crippen molar-refractivity contribution in [3.8, 4) is 0 Å². The van der Waals surface area contributed by atoms with E-state index in [1.54, 1.807) is 38.5 Å². The molecule has 4 bridgehead atoms. The van der Waals surface area contributed by atoms with Crippen molar-refractivity contribution >= 4 is 0 Å². The van der Waals surface area contributed by atoms with E-state index < -0.39 is 0 Å². The van der Waals surface area contributed by atoms with Crippen LogP contribution in [-0.4, -0.2) is 37.6 Å². The second-order valence-corrected chi connectivity index (χ2v) is 8.60. The van der Waals surface area contributed by atoms with Crippen LogP contribution >= 0.6 is 0 Å². The highest BCUT2D eigenvalue weighted by Crippen LogP contribution is 2.61. The van der Waals surface area contributed by atoms with E-state index in [1.165, 1.54) is 38.9 Å². The van der Waals surface area contributed by atoms with Gasteiger partial charge in [-0.3, -0.25) is 0 Å². The largest absolute Gasteiger partial charge is 0.316 e. The number of hydrogen-bond acceptors (Lipinski definition) is 2. The summed E-state index contributed by atoms with van der Waals surface area (Å²) in [6.45, 7) is 4.03. The Labute approximate surface area is 124 Å². The molecular weight excluding hydrogens is 244 g/mol. The van der Waals surface area contributed by atoms with Crippen LogP contribution in [0.5, 0.6) is 0 Å². The number of nitrogens with one attached hydrogen (secondary N) is 1. The molecule has 5 aliphatic rings. The molecule has 4 aliphatic carbocycles. The van der Waals surface area contributed by atoms with E-state index in [-0.39, 0.29) is 0 Å². The van der Waals surface area contributed by atoms with E-state index in [9.17, 15) is 0 Å². The average Bonchev–Trinajstić information content (AvgIpc) is 2.44. The molecule has 0 aromatic carbocycles. The number of likely N-dealkylation sites (tertiary alicyclic amines) is 1. The smallest absolute Gasteiger partial charge is 0.0192 e. The lowest BCUT2D eigenvalue weighted by atomic mass is 9.49. The summed E-state index contributed by atoms with van der Waals surface area (Å²) < 4.78 is 0. The van der Waals surface area contributed by atoms with Crippen LogP contribution in [-0.2, 0) is 0 Å². The second-order valence-electron chi connectivity index (χ2n) is 8.60. The molecule has 4 saturated carbocycles. The van der Waals surface area contributed by atoms with Gasteiger partial charge >= 0.3 is 0 Å². The molecule has 1 unspecified atom stereocenters. The van der Waals surface area contributed by atoms with Crippen LogP contribution in [0.25, 0.3) is 0 Å². The quantitative estimate of drug-likeness (QED) is 0.848. The third-order valence-corrected chi connectivity index (χ3v) is 7.04. The van der Waals surface area contributed by atoms with Crippen LogP contribution in [0.1, 0.15) is 57.8 Å². The fraction of sp³-hybridized carbons (Fsp3) is 1.00. The molecule has 0 aromatic heterocycles. The van der Waals surface area contributed by atoms with Gasteiger partial charge in [0.25, 0.3) is 0 Å². The van der Waals surface area contributed by atoms with E-state index in [4.69, 9.17) is 0 Å². The number of rotatable bonds is 4. The van der Waals surface area contributed by atoms with Crippen molar-refractivity contribution in [1.82, 2.24) is 10.2 Å². The van der Waals surface area contributed by atoms with Gasteiger partial charge in [0.2, 0.25) is 0 Å². The van der Waals surface area contributed by atoms with Crippen LogP contribution in [0.4, 0.5) is 0 Å². The van der Waals surface area contributed by atoms with Gasteiger partial charge in [0, 0.05) is 12.6 Å². The zero-order chi connectivity index (χ0) is 13.6. The Hall–Kier alpha value is -0.0800. The van der Waals surface area contributed by atoms with Gasteiger partial charge in [-0.15, -0.1) is 0 Å². The van der Waals surface area contributed by atoms with Crippen LogP contribution in [0.15, 0.2) is 0 Å². The predicted octanol–water partition coefficient (Wildman–Crippen LogP) is 3.28. The van der Waals surface area contributed by atoms with Gasteiger partial charge < -0.3 is 10.2 Å². The van der Waals surface area contributed by atoms with Gasteiger partial charge in [0.05, 0.1) is 0 Å². The van der Waals surface area contributed by atoms with Crippen LogP contribution in [0, 0.1) is 23.2 Å². The molecule has 5 fully saturated rings. The van der Waals surface area contributed by atoms with Crippen molar-refractivity contribution in [2.45, 2.75) is 63.8 Å². The molecular formula is C18H32N2. The average molecular weight is 276 g/mol. The summed E-state index contributed by atoms with van der Waals surface area (Å²) >= 11 is 0. The summed E-state index contributed by atoms with van der Waals surface area (Å²) in [7, 11) is 2.13. The topological polar surface area (TPSA) is 15.3 Å². The second kappa shape index (κ2) is 5.28. The third kappa shape index (κ3) is 2.54. The lowest BCUT2D eigenvalue weighted by Gasteiger charge is -2.57. The lowest BCUT2D eigenvalue weighted by Crippen LogP contribution is -2.49. The highest BCUT2D eigenvalue weighted by molar-refractivity contribution is 5.01. The molecule has 1 N–H and O–H groups in total. The minimum absolute atomic E-state index is 0.750. The third-order valence-electron chi connectivity index (χ3n) is 7.04. The Balaban J connectivity index is 1.35. The zero-order valence-corrected chi connectivity index (χ0v) is 13.2. The molecule has 0 radical (unpaired) electrons. The maximum Gasteiger partial charge on any atom is 0.0192 e. The fourth-order valence-corrected chi connectivity index (χ4v) is 6.49. The molecule has 1 atom stereocenters. The molecule has 2 heteroatoms. The molecule has 1 heterocycles. The molecule has 0 spiro atoms. The molecule has 2 nitrogen and oxygen atoms in total. The Bertz CT molecular complexity index is 316. The maximum absolute atomic E-state index is 3.49. The maximum atomic E-state index is 3.49. The highest BCUT2D eigenvalue weighted by Gasteiger charge is 2.50. The monoisotopic (exact) mass is 276 g/mol. The molecule has 20 heavy (non-hydrogen) atoms. The van der Waals surface area contributed by atoms with E-state index >= 15 is 0 Å². The van der Waals surface area contributed by atoms with E-state index in [0.717, 1.165) is 29.2 Å². The van der Waals surface area contributed by atoms with Crippen molar-refractivity contribution in [2.75, 3.05) is 26.7 Å². The van der Waals surface area contributed by atoms with Crippen LogP contribution in [0.3, 0.4) is 0 Å². The van der Waals surface area contributed by atoms with Crippen LogP contribution < -0.4 is 5.32 Å². The Morgan fingerprint density at radius 1 is 1.05 bits per heavy atom. The van der Waals surface area contributed by atoms with E-state index in [2.05, 4.69) is 17.3 Å². The fourth-order valence-electron chi connectivity index (χ4n) is 6.49. The summed E-state index contributed by atoms with van der Waals surface area (Å²) in [5.74, 6) is 3.35. The zero-order valence-electron chi connectivity index (χ0n) is 13.2. The standard InChI is InChI=1S/C18H32N2/c1-19-17-3-2-5-20(13-17)6-4-18-10-14-7-15(11-18)9-16(8-14)12-18/h14-17,19H,2-13H2,1H3. The summed E-state index contributed by atoms with van der Waals surface area (Å²) in [5, 5.41) is 3.49. The minimum Gasteiger partial charge on any atom is -0.316 e. The van der Waals surface area contributed by atoms with E-state index in [1.807, 2.05) is 0 Å². The van der Waals surface area contributed by atoms with Gasteiger partial charge in [0.15, 0.2) is 0 Å². The Morgan fingerprint density at radius 3 is 2.30 bits per heavy atom. The molecule has 0 amide bonds. The van der Waals surface area contributed by atoms with Crippen molar-refractivity contribution < 1.29 is 0 Å². The molecule has 114 valence electrons. The Kier molecular flexibility index (Phi) is 3.58. The Morgan fingerprint density at radius 2 is 1.70 bits per heavy atom. The lowest BCUT2D eigenvalue weighted by molar-refractivity contribution is -0.0617. The molecule has 1 aliphatic heterocycles. The van der Waals surface area contributed by atoms with Gasteiger partial charge in [-0.05, 0) is 101 Å². The molecule has 0 aromatic rings. The number of likely N-dealkylation sites (N-methyl/N-ethyl adjacent to an activating group) is 1. The normalized spacial score (nSPS) is 47.9. The number of hydrogen-bond donors (Lipinski definition) is 1. The van der Waals surface area contributed by atoms with Crippen molar-refractivity contribution in [2.24, 2.45) is 23.2 Å². The first-order valence-corrected chi connectivity index (χ1v) is 9.14. The van der Waals surface area contributed by atoms with Gasteiger partial charge in [0.1, 0.15) is 0 Å². The van der Waals surface area contributed by atoms with Crippen LogP contribution in [0.2, 0.25) is 0 Å². The molecule has 5 rings (SSSR count). The highest BCUT2D eigenvalue weighted by atomic mass is 15.2. The number of piperidine rings is 1. The summed E-state index contributed by atoms with van der Waals surface area (Å²) in [4.78, 5) is 2.75. The van der Waals surface area contributed by atoms with Crippen molar-refractivity contribution in [3.05, 3.63) is 0 Å². The molecule has 1 saturated heterocycles. The predicted molar refractivity (Wildman–Crippen MR) is 83.7 cm³/mol. The van der Waals surface area contributed by atoms with Crippen molar-refractivity contribution in [3.63, 3.8) is 0 Å². The van der Waals surface area contributed by atoms with Gasteiger partial charge in [-0.25, -0.2) is 0 Å². The first-order chi connectivity index (χ1) is 9.75. The van der Waals surface area contributed by atoms with Crippen molar-refractivity contribution in [1.29, 1.82) is 0 Å². The van der Waals surface area contributed by atoms with Gasteiger partial charge in [-0.2, -0.15) is 0 Å². The van der Waals surface area contributed by atoms with E-state index in [0.29, 0.717) is 0 Å². The first kappa shape index (κ1) is 13.6. The number of nitrogens with zero attached hydrogens (tertiary/aromatic N) is 1. The first-order valence-electron chi connectivity index (χ1n) is 9.14. The van der Waals surface area contributed by atoms with Gasteiger partial charge in [-0.1, -0.05) is 0 Å².